The van der Waals surface area contributed by atoms with Gasteiger partial charge in [0.15, 0.2) is 0 Å². The fourth-order valence-corrected chi connectivity index (χ4v) is 1.20. The summed E-state index contributed by atoms with van der Waals surface area (Å²) in [4.78, 5) is 9.63. The third-order valence-electron chi connectivity index (χ3n) is 1.32. The standard InChI is InChI=1S/C6H4ClNO6S/c7-14-15(11,12)13-6-3-1-5(2-4-6)8(9)10/h1-4H. The molecular weight excluding hydrogens is 250 g/mol. The maximum atomic E-state index is 10.7. The molecule has 0 atom stereocenters. The Labute approximate surface area is 89.8 Å². The van der Waals surface area contributed by atoms with Gasteiger partial charge in [-0.05, 0) is 12.1 Å². The van der Waals surface area contributed by atoms with Crippen LogP contribution in [-0.2, 0) is 14.1 Å². The van der Waals surface area contributed by atoms with Gasteiger partial charge in [-0.1, -0.05) is 0 Å². The molecule has 82 valence electrons. The van der Waals surface area contributed by atoms with Crippen LogP contribution >= 0.6 is 11.9 Å². The fourth-order valence-electron chi connectivity index (χ4n) is 0.754. The summed E-state index contributed by atoms with van der Waals surface area (Å²) in [6.45, 7) is 0. The first kappa shape index (κ1) is 11.7. The third kappa shape index (κ3) is 3.35. The molecule has 0 spiro atoms. The number of hydrogen-bond donors (Lipinski definition) is 0. The number of benzene rings is 1. The van der Waals surface area contributed by atoms with Gasteiger partial charge in [0.1, 0.15) is 5.75 Å². The van der Waals surface area contributed by atoms with Crippen molar-refractivity contribution in [2.75, 3.05) is 0 Å². The van der Waals surface area contributed by atoms with Crippen LogP contribution < -0.4 is 4.18 Å². The SMILES string of the molecule is O=[N+]([O-])c1ccc(OS(=O)(=O)OCl)cc1. The summed E-state index contributed by atoms with van der Waals surface area (Å²) < 4.78 is 29.1. The van der Waals surface area contributed by atoms with Gasteiger partial charge in [-0.3, -0.25) is 10.1 Å². The van der Waals surface area contributed by atoms with E-state index in [0.29, 0.717) is 0 Å². The fraction of sp³-hybridized carbons (Fsp3) is 0. The van der Waals surface area contributed by atoms with E-state index in [1.54, 1.807) is 0 Å². The van der Waals surface area contributed by atoms with Crippen molar-refractivity contribution < 1.29 is 21.3 Å². The summed E-state index contributed by atoms with van der Waals surface area (Å²) in [6.07, 6.45) is 0. The lowest BCUT2D eigenvalue weighted by Crippen LogP contribution is -2.08. The van der Waals surface area contributed by atoms with Gasteiger partial charge in [0.2, 0.25) is 0 Å². The number of nitro benzene ring substituents is 1. The molecule has 0 aliphatic heterocycles. The maximum Gasteiger partial charge on any atom is 0.465 e. The third-order valence-corrected chi connectivity index (χ3v) is 2.34. The Hall–Kier alpha value is -1.38. The Kier molecular flexibility index (Phi) is 3.45. The molecule has 0 radical (unpaired) electrons. The van der Waals surface area contributed by atoms with Gasteiger partial charge in [-0.2, -0.15) is 8.42 Å². The average Bonchev–Trinajstić information content (AvgIpc) is 2.18. The highest BCUT2D eigenvalue weighted by Crippen LogP contribution is 2.19. The second kappa shape index (κ2) is 4.43. The van der Waals surface area contributed by atoms with Crippen molar-refractivity contribution >= 4 is 28.0 Å². The Morgan fingerprint density at radius 3 is 2.20 bits per heavy atom. The molecule has 1 rings (SSSR count). The number of non-ortho nitro benzene ring substituents is 1. The molecule has 0 saturated carbocycles. The second-order valence-electron chi connectivity index (χ2n) is 2.31. The predicted molar refractivity (Wildman–Crippen MR) is 49.6 cm³/mol. The Morgan fingerprint density at radius 1 is 1.27 bits per heavy atom. The lowest BCUT2D eigenvalue weighted by atomic mass is 10.3. The zero-order chi connectivity index (χ0) is 11.5. The molecule has 0 heterocycles. The van der Waals surface area contributed by atoms with Gasteiger partial charge in [-0.25, -0.2) is 0 Å². The zero-order valence-electron chi connectivity index (χ0n) is 6.99. The van der Waals surface area contributed by atoms with Crippen molar-refractivity contribution in [1.29, 1.82) is 0 Å². The van der Waals surface area contributed by atoms with Crippen molar-refractivity contribution in [2.45, 2.75) is 0 Å². The summed E-state index contributed by atoms with van der Waals surface area (Å²) in [5.41, 5.74) is -0.188. The monoisotopic (exact) mass is 253 g/mol. The number of rotatable bonds is 4. The predicted octanol–water partition coefficient (Wildman–Crippen LogP) is 1.39. The first-order valence-corrected chi connectivity index (χ1v) is 5.08. The Bertz CT molecular complexity index is 455. The van der Waals surface area contributed by atoms with E-state index in [-0.39, 0.29) is 11.4 Å². The van der Waals surface area contributed by atoms with Gasteiger partial charge in [0, 0.05) is 12.1 Å². The highest BCUT2D eigenvalue weighted by Gasteiger charge is 2.13. The molecule has 1 aromatic rings. The Morgan fingerprint density at radius 2 is 1.80 bits per heavy atom. The van der Waals surface area contributed by atoms with Crippen LogP contribution in [0.25, 0.3) is 0 Å². The molecule has 0 unspecified atom stereocenters. The largest absolute Gasteiger partial charge is 0.465 e. The van der Waals surface area contributed by atoms with Crippen LogP contribution in [-0.4, -0.2) is 13.3 Å². The maximum absolute atomic E-state index is 10.7. The molecule has 0 aromatic heterocycles. The van der Waals surface area contributed by atoms with Crippen LogP contribution in [0.4, 0.5) is 5.69 Å². The molecule has 0 amide bonds. The summed E-state index contributed by atoms with van der Waals surface area (Å²) in [7, 11) is -4.31. The van der Waals surface area contributed by atoms with Gasteiger partial charge in [0.25, 0.3) is 5.69 Å². The molecule has 0 saturated heterocycles. The summed E-state index contributed by atoms with van der Waals surface area (Å²) >= 11 is 4.60. The van der Waals surface area contributed by atoms with Crippen LogP contribution in [0.1, 0.15) is 0 Å². The van der Waals surface area contributed by atoms with Gasteiger partial charge >= 0.3 is 10.4 Å². The molecule has 9 heteroatoms. The highest BCUT2D eigenvalue weighted by atomic mass is 35.5. The van der Waals surface area contributed by atoms with Gasteiger partial charge < -0.3 is 4.18 Å². The van der Waals surface area contributed by atoms with Crippen LogP contribution in [0.2, 0.25) is 0 Å². The summed E-state index contributed by atoms with van der Waals surface area (Å²) in [6, 6.07) is 4.37. The Balaban J connectivity index is 2.86. The molecule has 0 N–H and O–H groups in total. The molecule has 0 bridgehead atoms. The van der Waals surface area contributed by atoms with Crippen LogP contribution in [0, 0.1) is 10.1 Å². The quantitative estimate of drug-likeness (QED) is 0.594. The smallest absolute Gasteiger partial charge is 0.361 e. The van der Waals surface area contributed by atoms with Crippen LogP contribution in [0.3, 0.4) is 0 Å². The summed E-state index contributed by atoms with van der Waals surface area (Å²) in [5.74, 6) is -0.138. The van der Waals surface area contributed by atoms with Crippen molar-refractivity contribution in [1.82, 2.24) is 0 Å². The molecule has 15 heavy (non-hydrogen) atoms. The first-order chi connectivity index (χ1) is 6.94. The number of nitrogens with zero attached hydrogens (tertiary/aromatic N) is 1. The highest BCUT2D eigenvalue weighted by molar-refractivity contribution is 7.82. The zero-order valence-corrected chi connectivity index (χ0v) is 8.56. The van der Waals surface area contributed by atoms with E-state index < -0.39 is 15.3 Å². The molecule has 0 aliphatic carbocycles. The van der Waals surface area contributed by atoms with Crippen molar-refractivity contribution in [3.05, 3.63) is 34.4 Å². The van der Waals surface area contributed by atoms with E-state index in [1.807, 2.05) is 0 Å². The number of halogens is 1. The number of nitro groups is 1. The van der Waals surface area contributed by atoms with E-state index in [1.165, 1.54) is 0 Å². The van der Waals surface area contributed by atoms with E-state index in [9.17, 15) is 18.5 Å². The molecule has 1 aromatic carbocycles. The van der Waals surface area contributed by atoms with E-state index >= 15 is 0 Å². The van der Waals surface area contributed by atoms with Gasteiger partial charge in [-0.15, -0.1) is 3.74 Å². The lowest BCUT2D eigenvalue weighted by Gasteiger charge is -2.01. The first-order valence-electron chi connectivity index (χ1n) is 3.44. The lowest BCUT2D eigenvalue weighted by molar-refractivity contribution is -0.384. The molecule has 7 nitrogen and oxygen atoms in total. The summed E-state index contributed by atoms with van der Waals surface area (Å²) in [5, 5.41) is 10.3. The van der Waals surface area contributed by atoms with E-state index in [0.717, 1.165) is 24.3 Å². The van der Waals surface area contributed by atoms with Gasteiger partial charge in [0.05, 0.1) is 16.8 Å². The second-order valence-corrected chi connectivity index (χ2v) is 3.79. The van der Waals surface area contributed by atoms with Crippen molar-refractivity contribution in [3.63, 3.8) is 0 Å². The van der Waals surface area contributed by atoms with E-state index in [2.05, 4.69) is 19.8 Å². The average molecular weight is 254 g/mol. The topological polar surface area (TPSA) is 95.7 Å². The molecule has 0 aliphatic rings. The van der Waals surface area contributed by atoms with Crippen LogP contribution in [0.15, 0.2) is 24.3 Å². The minimum Gasteiger partial charge on any atom is -0.361 e. The van der Waals surface area contributed by atoms with E-state index in [4.69, 9.17) is 0 Å². The normalized spacial score (nSPS) is 11.0. The molecular formula is C6H4ClNO6S. The van der Waals surface area contributed by atoms with Crippen LogP contribution in [0.5, 0.6) is 5.75 Å². The molecule has 0 fully saturated rings. The minimum absolute atomic E-state index is 0.138. The number of hydrogen-bond acceptors (Lipinski definition) is 6. The van der Waals surface area contributed by atoms with Crippen molar-refractivity contribution in [3.8, 4) is 5.75 Å². The minimum atomic E-state index is -4.31. The van der Waals surface area contributed by atoms with Crippen molar-refractivity contribution in [2.24, 2.45) is 0 Å².